The molecule has 4 aromatic heterocycles. The molecule has 0 bridgehead atoms. The Bertz CT molecular complexity index is 6070. The van der Waals surface area contributed by atoms with Crippen LogP contribution in [-0.2, 0) is 25.7 Å². The molecule has 9 atom stereocenters. The third-order valence-corrected chi connectivity index (χ3v) is 30.6. The number of nitrogens with zero attached hydrogens (tertiary/aromatic N) is 8. The number of aromatic amines is 4. The number of β-amino-alcohol motifs (C(OH)–C–C–N with tert-alkyl or cyclic N) is 1. The Morgan fingerprint density at radius 1 is 0.415 bits per heavy atom. The first-order valence-corrected chi connectivity index (χ1v) is 52.5. The van der Waals surface area contributed by atoms with E-state index in [2.05, 4.69) is 158 Å². The number of para-hydroxylation sites is 4. The highest BCUT2D eigenvalue weighted by molar-refractivity contribution is 6.32. The van der Waals surface area contributed by atoms with Gasteiger partial charge < -0.3 is 44.0 Å². The minimum Gasteiger partial charge on any atom is -0.492 e. The molecule has 0 radical (unpaired) electrons. The average molecular weight is 2000 g/mol. The second kappa shape index (κ2) is 44.6. The molecule has 5 N–H and O–H groups in total. The first-order chi connectivity index (χ1) is 68.0. The van der Waals surface area contributed by atoms with Crippen molar-refractivity contribution in [2.24, 2.45) is 17.3 Å². The number of nitrogens with one attached hydrogen (secondary N) is 4. The van der Waals surface area contributed by atoms with E-state index in [0.717, 1.165) is 168 Å². The van der Waals surface area contributed by atoms with Crippen molar-refractivity contribution in [1.29, 1.82) is 0 Å². The van der Waals surface area contributed by atoms with Crippen molar-refractivity contribution >= 4 is 66.8 Å². The predicted octanol–water partition coefficient (Wildman–Crippen LogP) is 24.2. The standard InChI is InChI=1S/C29H36ClF2N3O.C29H37ClFN3O.C29H37F2N3O.C28H34F3N3O2/c1-18-11-22-21-7-5-6-8-25(21)33-27(22)28(35(18)17-29(2,3)4)26-23(31)12-20(13-24(26)32)36-10-9-34-15-19(14-30)16-34;2*1-5-6-13-33-16-21(17-33)35-26-12-11-20(15-24(26)30)28-27-23(22-9-7-8-10-25(22)32-27)14-19(2)34(28)18-29(3,4)31;1-3-19(35)16-34-17(2)10-22-21-6-4-5-7-25(21)32-27(22)28(34)26-23(30)11-20(12-24(26)31)36-9-8-33-14-18(13-29)15-33/h5-8,12-13,18-19,28,33H,9-11,14-17H2,1-4H3;2*7-12,15,19,21,28,32H,5-6,13-14,16-18H2,1-4H3;4-7,11-12,17-19,28,32,35H,3,8-10,13-16H2,1-2H3/t18-,28-;2*19-,28-;17-,19+,28-/m1111/s1. The summed E-state index contributed by atoms with van der Waals surface area (Å²) < 4.78 is 144. The summed E-state index contributed by atoms with van der Waals surface area (Å²) in [6.07, 6.45) is 8.22. The molecule has 4 fully saturated rings. The third kappa shape index (κ3) is 23.6. The molecule has 12 heterocycles. The van der Waals surface area contributed by atoms with E-state index in [1.54, 1.807) is 39.8 Å². The van der Waals surface area contributed by atoms with Gasteiger partial charge >= 0.3 is 0 Å². The topological polar surface area (TPSA) is 146 Å². The molecule has 17 nitrogen and oxygen atoms in total. The van der Waals surface area contributed by atoms with Crippen LogP contribution in [0.5, 0.6) is 23.0 Å². The van der Waals surface area contributed by atoms with Crippen LogP contribution in [0.25, 0.3) is 43.6 Å². The van der Waals surface area contributed by atoms with Gasteiger partial charge in [-0.3, -0.25) is 43.6 Å². The molecule has 4 saturated heterocycles. The number of aliphatic hydroxyl groups excluding tert-OH is 1. The molecule has 8 aliphatic rings. The minimum absolute atomic E-state index is 0.0256. The van der Waals surface area contributed by atoms with Crippen LogP contribution in [0.3, 0.4) is 0 Å². The summed E-state index contributed by atoms with van der Waals surface area (Å²) in [6, 6.07) is 48.1. The molecule has 27 heteroatoms. The summed E-state index contributed by atoms with van der Waals surface area (Å²) in [6.45, 7) is 40.2. The number of hydrogen-bond donors (Lipinski definition) is 5. The molecule has 764 valence electrons. The Kier molecular flexibility index (Phi) is 32.7. The Labute approximate surface area is 842 Å². The molecule has 20 rings (SSSR count). The molecule has 142 heavy (non-hydrogen) atoms. The van der Waals surface area contributed by atoms with Crippen LogP contribution in [0.4, 0.5) is 35.1 Å². The minimum atomic E-state index is -1.37. The lowest BCUT2D eigenvalue weighted by atomic mass is 9.85. The van der Waals surface area contributed by atoms with Gasteiger partial charge in [0.25, 0.3) is 0 Å². The van der Waals surface area contributed by atoms with Gasteiger partial charge in [-0.05, 0) is 207 Å². The summed E-state index contributed by atoms with van der Waals surface area (Å²) in [7, 11) is 0. The lowest BCUT2D eigenvalue weighted by Crippen LogP contribution is -2.53. The molecular weight excluding hydrogens is 1850 g/mol. The van der Waals surface area contributed by atoms with Crippen LogP contribution >= 0.6 is 23.2 Å². The van der Waals surface area contributed by atoms with Gasteiger partial charge in [0.05, 0.1) is 42.0 Å². The van der Waals surface area contributed by atoms with Gasteiger partial charge in [-0.25, -0.2) is 30.7 Å². The van der Waals surface area contributed by atoms with E-state index in [4.69, 9.17) is 42.1 Å². The number of hydrogen-bond acceptors (Lipinski definition) is 13. The summed E-state index contributed by atoms with van der Waals surface area (Å²) in [5.41, 5.74) is 11.9. The van der Waals surface area contributed by atoms with Gasteiger partial charge in [-0.2, -0.15) is 0 Å². The molecule has 12 aromatic rings. The van der Waals surface area contributed by atoms with Gasteiger partial charge in [-0.1, -0.05) is 151 Å². The van der Waals surface area contributed by atoms with E-state index in [1.165, 1.54) is 71.8 Å². The second-order valence-corrected chi connectivity index (χ2v) is 44.5. The van der Waals surface area contributed by atoms with Crippen LogP contribution in [0, 0.1) is 46.3 Å². The van der Waals surface area contributed by atoms with Gasteiger partial charge in [0.1, 0.15) is 77.3 Å². The van der Waals surface area contributed by atoms with Crippen molar-refractivity contribution in [2.75, 3.05) is 130 Å². The zero-order valence-electron chi connectivity index (χ0n) is 85.0. The number of alkyl halides is 4. The van der Waals surface area contributed by atoms with Crippen LogP contribution in [0.15, 0.2) is 158 Å². The number of aliphatic hydroxyl groups is 1. The maximum Gasteiger partial charge on any atom is 0.165 e. The highest BCUT2D eigenvalue weighted by Gasteiger charge is 2.46. The number of halogens is 10. The highest BCUT2D eigenvalue weighted by atomic mass is 35.5. The lowest BCUT2D eigenvalue weighted by molar-refractivity contribution is 0.0169. The number of benzene rings is 8. The number of fused-ring (bicyclic) bond motifs is 12. The van der Waals surface area contributed by atoms with E-state index in [9.17, 15) is 18.3 Å². The van der Waals surface area contributed by atoms with Crippen LogP contribution in [0.1, 0.15) is 220 Å². The quantitative estimate of drug-likeness (QED) is 0.0202. The molecule has 8 aliphatic heterocycles. The largest absolute Gasteiger partial charge is 0.492 e. The van der Waals surface area contributed by atoms with Crippen LogP contribution in [-0.4, -0.2) is 249 Å². The Morgan fingerprint density at radius 3 is 1.12 bits per heavy atom. The predicted molar refractivity (Wildman–Crippen MR) is 556 cm³/mol. The van der Waals surface area contributed by atoms with Crippen LogP contribution < -0.4 is 18.9 Å². The number of rotatable bonds is 32. The van der Waals surface area contributed by atoms with Crippen molar-refractivity contribution in [3.05, 3.63) is 259 Å². The zero-order chi connectivity index (χ0) is 100. The summed E-state index contributed by atoms with van der Waals surface area (Å²) in [5, 5.41) is 15.7. The van der Waals surface area contributed by atoms with E-state index in [-0.39, 0.29) is 108 Å². The lowest BCUT2D eigenvalue weighted by Gasteiger charge is -2.44. The fourth-order valence-electron chi connectivity index (χ4n) is 22.7. The maximum atomic E-state index is 15.8. The van der Waals surface area contributed by atoms with E-state index >= 15 is 22.0 Å². The molecule has 8 aromatic carbocycles. The molecule has 0 saturated carbocycles. The first-order valence-electron chi connectivity index (χ1n) is 51.6. The van der Waals surface area contributed by atoms with Crippen LogP contribution in [0.2, 0.25) is 5.02 Å². The normalized spacial score (nSPS) is 21.8. The average Bonchev–Trinajstić information content (AvgIpc) is 1.53. The monoisotopic (exact) mass is 2000 g/mol. The highest BCUT2D eigenvalue weighted by Crippen LogP contribution is 2.50. The third-order valence-electron chi connectivity index (χ3n) is 29.9. The molecule has 0 amide bonds. The summed E-state index contributed by atoms with van der Waals surface area (Å²) >= 11 is 12.6. The van der Waals surface area contributed by atoms with Gasteiger partial charge in [0.15, 0.2) is 11.6 Å². The fraction of sp³-hybridized carbons (Fsp3) is 0.513. The number of likely N-dealkylation sites (tertiary alicyclic amines) is 4. The number of unbranched alkanes of at least 4 members (excludes halogenated alkanes) is 2. The van der Waals surface area contributed by atoms with Gasteiger partial charge in [0.2, 0.25) is 0 Å². The van der Waals surface area contributed by atoms with Gasteiger partial charge in [0, 0.05) is 229 Å². The van der Waals surface area contributed by atoms with Crippen molar-refractivity contribution in [3.63, 3.8) is 0 Å². The Hall–Kier alpha value is -9.22. The van der Waals surface area contributed by atoms with Crippen molar-refractivity contribution in [3.8, 4) is 23.0 Å². The van der Waals surface area contributed by atoms with E-state index < -0.39 is 52.8 Å². The van der Waals surface area contributed by atoms with Crippen molar-refractivity contribution < 1.29 is 59.2 Å². The van der Waals surface area contributed by atoms with Crippen molar-refractivity contribution in [2.45, 2.75) is 233 Å². The molecular formula is C115H144Cl2F8N12O5. The Balaban J connectivity index is 0.000000130. The second-order valence-electron chi connectivity index (χ2n) is 43.8. The fourth-order valence-corrected chi connectivity index (χ4v) is 23.2. The summed E-state index contributed by atoms with van der Waals surface area (Å²) in [4.78, 5) is 31.9. The maximum absolute atomic E-state index is 15.8. The number of ether oxygens (including phenoxy) is 4. The Morgan fingerprint density at radius 2 is 0.761 bits per heavy atom. The number of aromatic nitrogens is 4. The molecule has 0 unspecified atom stereocenters. The van der Waals surface area contributed by atoms with Gasteiger partial charge in [-0.15, -0.1) is 11.6 Å². The SMILES string of the molecule is CCCCN1CC(Oc2ccc([C@@H]3c4[nH]c5ccccc5c4C[C@@H](C)N3CC(C)(C)F)cc2Cl)C1.CCCCN1CC(Oc2ccc([C@@H]3c4[nH]c5ccccc5c4C[C@@H](C)N3CC(C)(C)F)cc2F)C1.CC[C@H](O)CN1[C@H](c2c(F)cc(OCCN3CC(CF)C3)cc2F)c2[nH]c3ccccc3c2C[C@H]1C.C[C@@H]1Cc2c([nH]c3ccccc23)[C@@H](c2c(F)cc(OCCN3CC(CCl)C3)cc2F)N1CC(C)(C)C. The van der Waals surface area contributed by atoms with Crippen molar-refractivity contribution in [1.82, 2.24) is 59.1 Å². The first kappa shape index (κ1) is 104. The molecule has 0 spiro atoms. The van der Waals surface area contributed by atoms with E-state index in [0.29, 0.717) is 74.9 Å². The number of H-pyrrole nitrogens is 4. The zero-order valence-corrected chi connectivity index (χ0v) is 86.5. The summed E-state index contributed by atoms with van der Waals surface area (Å²) in [5.74, 6) is -0.173. The molecule has 0 aliphatic carbocycles. The smallest absolute Gasteiger partial charge is 0.165 e. The van der Waals surface area contributed by atoms with E-state index in [1.807, 2.05) is 91.5 Å².